The van der Waals surface area contributed by atoms with E-state index in [-0.39, 0.29) is 12.3 Å². The lowest BCUT2D eigenvalue weighted by Crippen LogP contribution is -2.30. The van der Waals surface area contributed by atoms with Gasteiger partial charge in [-0.05, 0) is 36.1 Å². The standard InChI is InChI=1S/C18H22BrN3O3/c1-11(2)7-14-9-16(22-21-14)18(24)20-15(10-17(23)25-3)12-5-4-6-13(19)8-12/h4-6,8-9,11,15H,7,10H2,1-3H3,(H,20,24)(H,21,22). The number of methoxy groups -OCH3 is 1. The third kappa shape index (κ3) is 5.70. The van der Waals surface area contributed by atoms with Crippen LogP contribution in [-0.4, -0.2) is 29.2 Å². The highest BCUT2D eigenvalue weighted by Crippen LogP contribution is 2.22. The largest absolute Gasteiger partial charge is 0.469 e. The Morgan fingerprint density at radius 2 is 2.08 bits per heavy atom. The predicted octanol–water partition coefficient (Wildman–Crippen LogP) is 3.40. The van der Waals surface area contributed by atoms with Crippen molar-refractivity contribution in [1.29, 1.82) is 0 Å². The van der Waals surface area contributed by atoms with Crippen molar-refractivity contribution in [2.45, 2.75) is 32.7 Å². The van der Waals surface area contributed by atoms with Crippen molar-refractivity contribution >= 4 is 27.8 Å². The number of esters is 1. The number of H-pyrrole nitrogens is 1. The van der Waals surface area contributed by atoms with Crippen LogP contribution in [0.25, 0.3) is 0 Å². The molecule has 2 N–H and O–H groups in total. The second-order valence-electron chi connectivity index (χ2n) is 6.24. The number of nitrogens with zero attached hydrogens (tertiary/aromatic N) is 1. The number of rotatable bonds is 7. The molecule has 0 radical (unpaired) electrons. The van der Waals surface area contributed by atoms with E-state index >= 15 is 0 Å². The summed E-state index contributed by atoms with van der Waals surface area (Å²) >= 11 is 3.40. The molecule has 1 atom stereocenters. The lowest BCUT2D eigenvalue weighted by molar-refractivity contribution is -0.141. The Bertz CT molecular complexity index is 743. The van der Waals surface area contributed by atoms with Gasteiger partial charge in [0, 0.05) is 10.2 Å². The maximum atomic E-state index is 12.5. The van der Waals surface area contributed by atoms with E-state index in [0.717, 1.165) is 22.2 Å². The molecule has 1 aromatic heterocycles. The zero-order chi connectivity index (χ0) is 18.4. The summed E-state index contributed by atoms with van der Waals surface area (Å²) in [5.74, 6) is -0.266. The summed E-state index contributed by atoms with van der Waals surface area (Å²) in [5, 5.41) is 9.82. The first-order chi connectivity index (χ1) is 11.9. The molecular formula is C18H22BrN3O3. The van der Waals surface area contributed by atoms with Crippen LogP contribution < -0.4 is 5.32 Å². The van der Waals surface area contributed by atoms with E-state index < -0.39 is 12.0 Å². The Hall–Kier alpha value is -2.15. The van der Waals surface area contributed by atoms with Gasteiger partial charge in [0.05, 0.1) is 19.6 Å². The minimum Gasteiger partial charge on any atom is -0.469 e. The molecule has 6 nitrogen and oxygen atoms in total. The number of amides is 1. The van der Waals surface area contributed by atoms with Crippen LogP contribution in [0.4, 0.5) is 0 Å². The molecule has 0 aliphatic rings. The first-order valence-electron chi connectivity index (χ1n) is 8.06. The van der Waals surface area contributed by atoms with Crippen molar-refractivity contribution < 1.29 is 14.3 Å². The van der Waals surface area contributed by atoms with Gasteiger partial charge in [-0.25, -0.2) is 0 Å². The zero-order valence-corrected chi connectivity index (χ0v) is 16.1. The minimum atomic E-state index is -0.498. The van der Waals surface area contributed by atoms with Gasteiger partial charge in [-0.1, -0.05) is 41.9 Å². The Labute approximate surface area is 155 Å². The number of carbonyl (C=O) groups is 2. The SMILES string of the molecule is COC(=O)CC(NC(=O)c1cc(CC(C)C)[nH]n1)c1cccc(Br)c1. The molecule has 0 spiro atoms. The van der Waals surface area contributed by atoms with Crippen molar-refractivity contribution in [3.05, 3.63) is 51.8 Å². The molecule has 2 aromatic rings. The number of carbonyl (C=O) groups excluding carboxylic acids is 2. The van der Waals surface area contributed by atoms with E-state index in [1.54, 1.807) is 6.07 Å². The molecule has 0 fully saturated rings. The van der Waals surface area contributed by atoms with Crippen LogP contribution in [0.5, 0.6) is 0 Å². The summed E-state index contributed by atoms with van der Waals surface area (Å²) in [6.07, 6.45) is 0.861. The summed E-state index contributed by atoms with van der Waals surface area (Å²) in [6, 6.07) is 8.70. The second kappa shape index (κ2) is 8.80. The predicted molar refractivity (Wildman–Crippen MR) is 98.1 cm³/mol. The monoisotopic (exact) mass is 407 g/mol. The fraction of sp³-hybridized carbons (Fsp3) is 0.389. The number of aromatic nitrogens is 2. The number of ether oxygens (including phenoxy) is 1. The molecule has 0 aliphatic heterocycles. The highest BCUT2D eigenvalue weighted by atomic mass is 79.9. The van der Waals surface area contributed by atoms with Gasteiger partial charge in [0.25, 0.3) is 5.91 Å². The van der Waals surface area contributed by atoms with Gasteiger partial charge < -0.3 is 10.1 Å². The average Bonchev–Trinajstić information content (AvgIpc) is 3.01. The molecule has 7 heteroatoms. The summed E-state index contributed by atoms with van der Waals surface area (Å²) in [4.78, 5) is 24.2. The fourth-order valence-electron chi connectivity index (χ4n) is 2.48. The van der Waals surface area contributed by atoms with Crippen molar-refractivity contribution in [3.63, 3.8) is 0 Å². The Kier molecular flexibility index (Phi) is 6.75. The number of nitrogens with one attached hydrogen (secondary N) is 2. The van der Waals surface area contributed by atoms with Crippen LogP contribution in [0.1, 0.15) is 48.1 Å². The Morgan fingerprint density at radius 1 is 1.32 bits per heavy atom. The van der Waals surface area contributed by atoms with Gasteiger partial charge in [0.2, 0.25) is 0 Å². The molecule has 0 saturated carbocycles. The lowest BCUT2D eigenvalue weighted by Gasteiger charge is -2.18. The molecule has 0 bridgehead atoms. The smallest absolute Gasteiger partial charge is 0.307 e. The molecule has 1 aromatic carbocycles. The van der Waals surface area contributed by atoms with Gasteiger partial charge in [-0.2, -0.15) is 5.10 Å². The van der Waals surface area contributed by atoms with E-state index in [1.165, 1.54) is 7.11 Å². The number of hydrogen-bond acceptors (Lipinski definition) is 4. The lowest BCUT2D eigenvalue weighted by atomic mass is 10.0. The molecule has 0 aliphatic carbocycles. The number of halogens is 1. The average molecular weight is 408 g/mol. The third-order valence-corrected chi connectivity index (χ3v) is 4.14. The van der Waals surface area contributed by atoms with Crippen LogP contribution in [-0.2, 0) is 16.0 Å². The Morgan fingerprint density at radius 3 is 2.72 bits per heavy atom. The molecule has 1 amide bonds. The van der Waals surface area contributed by atoms with Crippen molar-refractivity contribution in [1.82, 2.24) is 15.5 Å². The van der Waals surface area contributed by atoms with Gasteiger partial charge in [0.1, 0.15) is 5.69 Å². The normalized spacial score (nSPS) is 12.0. The molecule has 25 heavy (non-hydrogen) atoms. The highest BCUT2D eigenvalue weighted by molar-refractivity contribution is 9.10. The number of hydrogen-bond donors (Lipinski definition) is 2. The van der Waals surface area contributed by atoms with Crippen LogP contribution in [0, 0.1) is 5.92 Å². The first kappa shape index (κ1) is 19.2. The number of benzene rings is 1. The van der Waals surface area contributed by atoms with Crippen molar-refractivity contribution in [2.75, 3.05) is 7.11 Å². The molecule has 134 valence electrons. The second-order valence-corrected chi connectivity index (χ2v) is 7.15. The fourth-order valence-corrected chi connectivity index (χ4v) is 2.90. The molecule has 2 rings (SSSR count). The topological polar surface area (TPSA) is 84.1 Å². The van der Waals surface area contributed by atoms with Crippen LogP contribution in [0.3, 0.4) is 0 Å². The molecular weight excluding hydrogens is 386 g/mol. The van der Waals surface area contributed by atoms with E-state index in [1.807, 2.05) is 24.3 Å². The maximum Gasteiger partial charge on any atom is 0.307 e. The minimum absolute atomic E-state index is 0.0436. The van der Waals surface area contributed by atoms with Gasteiger partial charge in [-0.3, -0.25) is 14.7 Å². The van der Waals surface area contributed by atoms with Crippen LogP contribution >= 0.6 is 15.9 Å². The van der Waals surface area contributed by atoms with E-state index in [4.69, 9.17) is 4.74 Å². The zero-order valence-electron chi connectivity index (χ0n) is 14.5. The van der Waals surface area contributed by atoms with Gasteiger partial charge >= 0.3 is 5.97 Å². The van der Waals surface area contributed by atoms with Crippen molar-refractivity contribution in [3.8, 4) is 0 Å². The summed E-state index contributed by atoms with van der Waals surface area (Å²) < 4.78 is 5.61. The highest BCUT2D eigenvalue weighted by Gasteiger charge is 2.21. The summed E-state index contributed by atoms with van der Waals surface area (Å²) in [6.45, 7) is 4.19. The van der Waals surface area contributed by atoms with E-state index in [2.05, 4.69) is 45.3 Å². The third-order valence-electron chi connectivity index (χ3n) is 3.65. The maximum absolute atomic E-state index is 12.5. The number of aromatic amines is 1. The molecule has 1 heterocycles. The van der Waals surface area contributed by atoms with Crippen molar-refractivity contribution in [2.24, 2.45) is 5.92 Å². The summed E-state index contributed by atoms with van der Waals surface area (Å²) in [5.41, 5.74) is 2.03. The van der Waals surface area contributed by atoms with E-state index in [9.17, 15) is 9.59 Å². The molecule has 1 unspecified atom stereocenters. The quantitative estimate of drug-likeness (QED) is 0.688. The van der Waals surface area contributed by atoms with Gasteiger partial charge in [-0.15, -0.1) is 0 Å². The molecule has 0 saturated heterocycles. The van der Waals surface area contributed by atoms with Crippen LogP contribution in [0.2, 0.25) is 0 Å². The Balaban J connectivity index is 2.16. The van der Waals surface area contributed by atoms with E-state index in [0.29, 0.717) is 11.6 Å². The van der Waals surface area contributed by atoms with Crippen LogP contribution in [0.15, 0.2) is 34.8 Å². The van der Waals surface area contributed by atoms with Gasteiger partial charge in [0.15, 0.2) is 0 Å². The first-order valence-corrected chi connectivity index (χ1v) is 8.85. The summed E-state index contributed by atoms with van der Waals surface area (Å²) in [7, 11) is 1.33.